The first kappa shape index (κ1) is 58.6. The fraction of sp³-hybridized carbons (Fsp3) is 0.576. The average molecular weight is 1000 g/mol. The maximum absolute atomic E-state index is 16.5. The van der Waals surface area contributed by atoms with Gasteiger partial charge in [-0.3, -0.25) is 0 Å². The van der Waals surface area contributed by atoms with Gasteiger partial charge in [-0.25, -0.2) is 0 Å². The first-order chi connectivity index (χ1) is 34.9. The molecule has 0 fully saturated rings. The van der Waals surface area contributed by atoms with Crippen LogP contribution in [-0.2, 0) is 33.4 Å². The third-order valence-corrected chi connectivity index (χ3v) is 24.3. The molecule has 71 heavy (non-hydrogen) atoms. The van der Waals surface area contributed by atoms with Crippen LogP contribution >= 0.6 is 6.83 Å². The van der Waals surface area contributed by atoms with Gasteiger partial charge in [0.1, 0.15) is 0 Å². The Morgan fingerprint density at radius 2 is 0.606 bits per heavy atom. The third kappa shape index (κ3) is 16.9. The van der Waals surface area contributed by atoms with Crippen molar-refractivity contribution in [3.8, 4) is 0 Å². The van der Waals surface area contributed by atoms with Gasteiger partial charge >= 0.3 is 341 Å². The summed E-state index contributed by atoms with van der Waals surface area (Å²) >= 11 is 0. The van der Waals surface area contributed by atoms with Gasteiger partial charge in [0, 0.05) is 0 Å². The zero-order valence-electron chi connectivity index (χ0n) is 45.6. The maximum atomic E-state index is 16.5. The van der Waals surface area contributed by atoms with Crippen molar-refractivity contribution in [1.29, 1.82) is 0 Å². The van der Waals surface area contributed by atoms with Crippen LogP contribution in [0.25, 0.3) is 10.8 Å². The minimum atomic E-state index is -4.43. The topological polar surface area (TPSA) is 43.4 Å². The van der Waals surface area contributed by atoms with Gasteiger partial charge in [-0.05, 0) is 0 Å². The summed E-state index contributed by atoms with van der Waals surface area (Å²) in [5.74, 6) is 0. The molecule has 5 heteroatoms. The van der Waals surface area contributed by atoms with E-state index in [1.165, 1.54) is 178 Å². The second-order valence-electron chi connectivity index (χ2n) is 21.2. The SMILES string of the molecule is CCCCCCCCCCCCc1c(CCCCCCCCCCCC)c(S(=O)(=O)OP(CC)(c2ccccc2)(c2ccccc2)c2ccccc2)c2ccccc2c1CCCCCCCCCCCC. The minimum absolute atomic E-state index is 0.433. The third-order valence-electron chi connectivity index (χ3n) is 15.9. The molecule has 0 atom stereocenters. The molecule has 0 saturated carbocycles. The smallest absolute Gasteiger partial charge is 0.0654 e. The first-order valence-corrected chi connectivity index (χ1v) is 33.3. The Morgan fingerprint density at radius 1 is 0.324 bits per heavy atom. The van der Waals surface area contributed by atoms with Crippen LogP contribution in [0.3, 0.4) is 0 Å². The molecule has 0 aliphatic heterocycles. The standard InChI is InChI=1S/C66H99O3PS/c1-5-9-12-15-18-21-24-27-30-42-53-61-62(54-43-31-28-25-22-19-16-13-10-6-2)64(56-44-32-29-26-23-20-17-14-11-7-3)66(65-57-46-45-55-63(61)65)71(67,68)69-70(8-4,58-47-36-33-37-48-58,59-49-38-34-39-50-59)60-51-40-35-41-52-60/h33-41,45-52,55,57H,5-32,42-44,53-54,56H2,1-4H3. The first-order valence-electron chi connectivity index (χ1n) is 29.6. The van der Waals surface area contributed by atoms with Gasteiger partial charge in [0.25, 0.3) is 0 Å². The van der Waals surface area contributed by atoms with E-state index >= 15 is 8.42 Å². The van der Waals surface area contributed by atoms with Gasteiger partial charge in [-0.1, -0.05) is 97.8 Å². The quantitative estimate of drug-likeness (QED) is 0.0290. The predicted molar refractivity (Wildman–Crippen MR) is 315 cm³/mol. The Labute approximate surface area is 436 Å². The molecule has 0 aliphatic rings. The van der Waals surface area contributed by atoms with E-state index in [1.54, 1.807) is 0 Å². The molecule has 5 aromatic carbocycles. The summed E-state index contributed by atoms with van der Waals surface area (Å²) in [6.07, 6.45) is 41.5. The van der Waals surface area contributed by atoms with Crippen LogP contribution in [-0.4, -0.2) is 14.6 Å². The summed E-state index contributed by atoms with van der Waals surface area (Å²) in [4.78, 5) is 0.433. The second-order valence-corrected chi connectivity index (χ2v) is 27.7. The molecule has 0 aromatic heterocycles. The summed E-state index contributed by atoms with van der Waals surface area (Å²) in [5.41, 5.74) is 3.76. The molecule has 3 nitrogen and oxygen atoms in total. The van der Waals surface area contributed by atoms with Crippen molar-refractivity contribution < 1.29 is 12.4 Å². The summed E-state index contributed by atoms with van der Waals surface area (Å²) in [6, 6.07) is 39.6. The predicted octanol–water partition coefficient (Wildman–Crippen LogP) is 19.4. The molecule has 0 amide bonds. The molecular formula is C66H99O3PS. The normalized spacial score (nSPS) is 12.6. The van der Waals surface area contributed by atoms with E-state index < -0.39 is 16.9 Å². The Kier molecular flexibility index (Phi) is 27.1. The van der Waals surface area contributed by atoms with Crippen molar-refractivity contribution >= 4 is 43.6 Å². The molecule has 0 spiro atoms. The Hall–Kier alpha value is -3.30. The van der Waals surface area contributed by atoms with Crippen LogP contribution in [0.5, 0.6) is 0 Å². The number of hydrogen-bond donors (Lipinski definition) is 0. The Morgan fingerprint density at radius 3 is 0.944 bits per heavy atom. The van der Waals surface area contributed by atoms with Crippen LogP contribution in [0.1, 0.15) is 237 Å². The van der Waals surface area contributed by atoms with Gasteiger partial charge in [-0.15, -0.1) is 0 Å². The van der Waals surface area contributed by atoms with Crippen molar-refractivity contribution in [3.05, 3.63) is 132 Å². The van der Waals surface area contributed by atoms with E-state index in [1.807, 2.05) is 54.6 Å². The molecule has 0 aliphatic carbocycles. The molecule has 392 valence electrons. The van der Waals surface area contributed by atoms with Crippen molar-refractivity contribution in [2.45, 2.75) is 244 Å². The molecule has 5 aromatic rings. The fourth-order valence-electron chi connectivity index (χ4n) is 11.8. The van der Waals surface area contributed by atoms with Crippen molar-refractivity contribution in [2.24, 2.45) is 0 Å². The van der Waals surface area contributed by atoms with Gasteiger partial charge in [-0.2, -0.15) is 0 Å². The number of aryl methyl sites for hydroxylation is 1. The molecule has 0 heterocycles. The van der Waals surface area contributed by atoms with Crippen molar-refractivity contribution in [1.82, 2.24) is 0 Å². The zero-order valence-corrected chi connectivity index (χ0v) is 47.3. The Balaban J connectivity index is 1.61. The van der Waals surface area contributed by atoms with E-state index in [0.717, 1.165) is 77.2 Å². The van der Waals surface area contributed by atoms with E-state index in [4.69, 9.17) is 3.97 Å². The monoisotopic (exact) mass is 1000 g/mol. The summed E-state index contributed by atoms with van der Waals surface area (Å²) in [6.45, 7) is 4.82. The van der Waals surface area contributed by atoms with Gasteiger partial charge in [0.05, 0.1) is 0 Å². The van der Waals surface area contributed by atoms with E-state index in [-0.39, 0.29) is 0 Å². The zero-order chi connectivity index (χ0) is 50.3. The van der Waals surface area contributed by atoms with Crippen LogP contribution in [0.15, 0.2) is 120 Å². The van der Waals surface area contributed by atoms with E-state index in [9.17, 15) is 0 Å². The molecule has 0 radical (unpaired) electrons. The number of rotatable bonds is 40. The minimum Gasteiger partial charge on any atom is -0.0654 e. The fourth-order valence-corrected chi connectivity index (χ4v) is 20.6. The number of hydrogen-bond acceptors (Lipinski definition) is 3. The van der Waals surface area contributed by atoms with Crippen molar-refractivity contribution in [3.63, 3.8) is 0 Å². The van der Waals surface area contributed by atoms with E-state index in [2.05, 4.69) is 88.4 Å². The summed E-state index contributed by atoms with van der Waals surface area (Å²) in [7, 11) is -4.43. The van der Waals surface area contributed by atoms with Crippen molar-refractivity contribution in [2.75, 3.05) is 6.16 Å². The number of benzene rings is 5. The molecule has 0 unspecified atom stereocenters. The van der Waals surface area contributed by atoms with E-state index in [0.29, 0.717) is 11.1 Å². The van der Waals surface area contributed by atoms with Crippen LogP contribution < -0.4 is 15.9 Å². The second kappa shape index (κ2) is 32.8. The Bertz CT molecular complexity index is 2190. The van der Waals surface area contributed by atoms with Gasteiger partial charge in [0.2, 0.25) is 0 Å². The summed E-state index contributed by atoms with van der Waals surface area (Å²) < 4.78 is 40.6. The molecule has 0 bridgehead atoms. The average Bonchev–Trinajstić information content (AvgIpc) is 3.40. The molecule has 0 N–H and O–H groups in total. The number of unbranched alkanes of at least 4 members (excludes halogenated alkanes) is 27. The molecule has 0 saturated heterocycles. The number of fused-ring (bicyclic) bond motifs is 1. The molecular weight excluding hydrogens is 904 g/mol. The molecule has 5 rings (SSSR count). The van der Waals surface area contributed by atoms with Crippen LogP contribution in [0.4, 0.5) is 0 Å². The van der Waals surface area contributed by atoms with Crippen LogP contribution in [0.2, 0.25) is 0 Å². The van der Waals surface area contributed by atoms with Gasteiger partial charge in [0.15, 0.2) is 0 Å². The van der Waals surface area contributed by atoms with Gasteiger partial charge < -0.3 is 0 Å². The summed E-state index contributed by atoms with van der Waals surface area (Å²) in [5, 5.41) is 4.75. The van der Waals surface area contributed by atoms with Crippen LogP contribution in [0, 0.1) is 0 Å².